The minimum absolute atomic E-state index is 0.278. The predicted octanol–water partition coefficient (Wildman–Crippen LogP) is -0.174. The zero-order valence-electron chi connectivity index (χ0n) is 9.41. The molecule has 17 heavy (non-hydrogen) atoms. The Bertz CT molecular complexity index is 596. The van der Waals surface area contributed by atoms with Gasteiger partial charge in [-0.05, 0) is 6.92 Å². The van der Waals surface area contributed by atoms with Crippen LogP contribution in [0.1, 0.15) is 26.4 Å². The van der Waals surface area contributed by atoms with Gasteiger partial charge in [-0.25, -0.2) is 4.68 Å². The number of aryl methyl sites for hydroxylation is 2. The van der Waals surface area contributed by atoms with Crippen molar-refractivity contribution in [2.45, 2.75) is 6.92 Å². The van der Waals surface area contributed by atoms with E-state index in [1.54, 1.807) is 14.0 Å². The molecule has 0 aliphatic carbocycles. The quantitative estimate of drug-likeness (QED) is 0.744. The number of hydrogen-bond acceptors (Lipinski definition) is 4. The highest BCUT2D eigenvalue weighted by atomic mass is 16.1. The summed E-state index contributed by atoms with van der Waals surface area (Å²) in [4.78, 5) is 22.0. The third-order valence-electron chi connectivity index (χ3n) is 2.44. The van der Waals surface area contributed by atoms with Crippen LogP contribution in [0.25, 0.3) is 5.82 Å². The van der Waals surface area contributed by atoms with E-state index in [0.717, 1.165) is 0 Å². The topological polar surface area (TPSA) is 95.8 Å². The Balaban J connectivity index is 2.59. The van der Waals surface area contributed by atoms with Crippen LogP contribution in [0, 0.1) is 6.92 Å². The number of carbonyl (C=O) groups excluding carboxylic acids is 2. The Kier molecular flexibility index (Phi) is 2.51. The van der Waals surface area contributed by atoms with E-state index in [4.69, 9.17) is 5.73 Å². The van der Waals surface area contributed by atoms with Gasteiger partial charge in [0.15, 0.2) is 12.1 Å². The fraction of sp³-hybridized carbons (Fsp3) is 0.200. The van der Waals surface area contributed by atoms with Gasteiger partial charge in [0, 0.05) is 13.2 Å². The van der Waals surface area contributed by atoms with E-state index in [9.17, 15) is 9.59 Å². The van der Waals surface area contributed by atoms with Gasteiger partial charge >= 0.3 is 0 Å². The number of amides is 1. The Morgan fingerprint density at radius 2 is 2.24 bits per heavy atom. The number of aromatic nitrogens is 4. The molecule has 0 fully saturated rings. The first-order valence-electron chi connectivity index (χ1n) is 4.88. The first-order valence-corrected chi connectivity index (χ1v) is 4.88. The summed E-state index contributed by atoms with van der Waals surface area (Å²) >= 11 is 0. The van der Waals surface area contributed by atoms with E-state index < -0.39 is 5.91 Å². The molecule has 7 heteroatoms. The summed E-state index contributed by atoms with van der Waals surface area (Å²) in [6.07, 6.45) is 3.52. The van der Waals surface area contributed by atoms with E-state index in [0.29, 0.717) is 23.4 Å². The fourth-order valence-corrected chi connectivity index (χ4v) is 1.64. The van der Waals surface area contributed by atoms with Crippen molar-refractivity contribution < 1.29 is 9.59 Å². The number of rotatable bonds is 3. The van der Waals surface area contributed by atoms with Crippen LogP contribution in [0.15, 0.2) is 12.4 Å². The molecule has 1 amide bonds. The molecule has 2 heterocycles. The zero-order valence-corrected chi connectivity index (χ0v) is 9.41. The second-order valence-electron chi connectivity index (χ2n) is 3.60. The van der Waals surface area contributed by atoms with Crippen molar-refractivity contribution in [1.82, 2.24) is 19.6 Å². The van der Waals surface area contributed by atoms with Crippen LogP contribution in [-0.2, 0) is 7.05 Å². The Hall–Kier alpha value is -2.44. The molecule has 0 unspecified atom stereocenters. The average molecular weight is 233 g/mol. The molecular weight excluding hydrogens is 222 g/mol. The largest absolute Gasteiger partial charge is 0.366 e. The molecule has 0 atom stereocenters. The number of primary amides is 1. The number of carbonyl (C=O) groups is 2. The minimum atomic E-state index is -0.567. The summed E-state index contributed by atoms with van der Waals surface area (Å²) in [7, 11) is 1.70. The molecule has 0 aliphatic heterocycles. The first-order chi connectivity index (χ1) is 8.04. The highest BCUT2D eigenvalue weighted by molar-refractivity contribution is 5.92. The van der Waals surface area contributed by atoms with Crippen molar-refractivity contribution in [1.29, 1.82) is 0 Å². The molecule has 0 bridgehead atoms. The number of nitrogens with zero attached hydrogens (tertiary/aromatic N) is 4. The van der Waals surface area contributed by atoms with E-state index in [-0.39, 0.29) is 5.56 Å². The molecule has 0 saturated heterocycles. The minimum Gasteiger partial charge on any atom is -0.366 e. The Labute approximate surface area is 96.8 Å². The monoisotopic (exact) mass is 233 g/mol. The third-order valence-corrected chi connectivity index (χ3v) is 2.44. The second kappa shape index (κ2) is 3.85. The van der Waals surface area contributed by atoms with Crippen LogP contribution in [-0.4, -0.2) is 31.8 Å². The number of nitrogens with two attached hydrogens (primary N) is 1. The lowest BCUT2D eigenvalue weighted by atomic mass is 10.2. The van der Waals surface area contributed by atoms with E-state index in [1.165, 1.54) is 21.8 Å². The molecule has 2 rings (SSSR count). The summed E-state index contributed by atoms with van der Waals surface area (Å²) in [5, 5.41) is 8.11. The lowest BCUT2D eigenvalue weighted by molar-refractivity contribution is 0.1000. The molecule has 2 N–H and O–H groups in total. The molecule has 88 valence electrons. The smallest absolute Gasteiger partial charge is 0.251 e. The van der Waals surface area contributed by atoms with Crippen LogP contribution < -0.4 is 5.73 Å². The maximum Gasteiger partial charge on any atom is 0.251 e. The van der Waals surface area contributed by atoms with Gasteiger partial charge in [-0.1, -0.05) is 0 Å². The SMILES string of the molecule is Cc1nn(C)c(-n2cc(C(N)=O)cn2)c1C=O. The summed E-state index contributed by atoms with van der Waals surface area (Å²) in [5.41, 5.74) is 6.46. The maximum atomic E-state index is 11.0. The lowest BCUT2D eigenvalue weighted by Gasteiger charge is -2.01. The van der Waals surface area contributed by atoms with E-state index in [2.05, 4.69) is 10.2 Å². The van der Waals surface area contributed by atoms with Crippen LogP contribution in [0.3, 0.4) is 0 Å². The van der Waals surface area contributed by atoms with Crippen molar-refractivity contribution in [2.75, 3.05) is 0 Å². The lowest BCUT2D eigenvalue weighted by Crippen LogP contribution is -2.10. The molecule has 0 radical (unpaired) electrons. The molecule has 0 aliphatic rings. The van der Waals surface area contributed by atoms with E-state index in [1.807, 2.05) is 0 Å². The van der Waals surface area contributed by atoms with Gasteiger partial charge in [0.05, 0.1) is 23.0 Å². The van der Waals surface area contributed by atoms with Crippen molar-refractivity contribution in [3.63, 3.8) is 0 Å². The fourth-order valence-electron chi connectivity index (χ4n) is 1.64. The Morgan fingerprint density at radius 1 is 1.53 bits per heavy atom. The van der Waals surface area contributed by atoms with Crippen LogP contribution in [0.5, 0.6) is 0 Å². The second-order valence-corrected chi connectivity index (χ2v) is 3.60. The number of aldehydes is 1. The van der Waals surface area contributed by atoms with Gasteiger partial charge in [0.2, 0.25) is 0 Å². The number of hydrogen-bond donors (Lipinski definition) is 1. The Morgan fingerprint density at radius 3 is 2.76 bits per heavy atom. The summed E-state index contributed by atoms with van der Waals surface area (Å²) in [6, 6.07) is 0. The molecule has 0 spiro atoms. The zero-order chi connectivity index (χ0) is 12.6. The van der Waals surface area contributed by atoms with Gasteiger partial charge in [-0.3, -0.25) is 14.3 Å². The highest BCUT2D eigenvalue weighted by Gasteiger charge is 2.16. The van der Waals surface area contributed by atoms with E-state index >= 15 is 0 Å². The predicted molar refractivity (Wildman–Crippen MR) is 59.0 cm³/mol. The van der Waals surface area contributed by atoms with Gasteiger partial charge in [0.25, 0.3) is 5.91 Å². The molecular formula is C10H11N5O2. The van der Waals surface area contributed by atoms with Crippen molar-refractivity contribution in [3.8, 4) is 5.82 Å². The first kappa shape index (κ1) is 11.1. The maximum absolute atomic E-state index is 11.0. The van der Waals surface area contributed by atoms with Crippen molar-refractivity contribution >= 4 is 12.2 Å². The summed E-state index contributed by atoms with van der Waals surface area (Å²) < 4.78 is 2.93. The van der Waals surface area contributed by atoms with Gasteiger partial charge in [-0.2, -0.15) is 10.2 Å². The van der Waals surface area contributed by atoms with Crippen LogP contribution >= 0.6 is 0 Å². The van der Waals surface area contributed by atoms with Crippen molar-refractivity contribution in [3.05, 3.63) is 29.2 Å². The molecule has 7 nitrogen and oxygen atoms in total. The highest BCUT2D eigenvalue weighted by Crippen LogP contribution is 2.15. The normalized spacial score (nSPS) is 10.5. The average Bonchev–Trinajstić information content (AvgIpc) is 2.82. The van der Waals surface area contributed by atoms with Crippen LogP contribution in [0.2, 0.25) is 0 Å². The molecule has 2 aromatic rings. The van der Waals surface area contributed by atoms with Gasteiger partial charge < -0.3 is 5.73 Å². The molecule has 0 saturated carbocycles. The standard InChI is InChI=1S/C10H11N5O2/c1-6-8(5-16)10(14(2)13-6)15-4-7(3-12-15)9(11)17/h3-5H,1-2H3,(H2,11,17). The molecule has 0 aromatic carbocycles. The van der Waals surface area contributed by atoms with Crippen LogP contribution in [0.4, 0.5) is 0 Å². The third kappa shape index (κ3) is 1.71. The summed E-state index contributed by atoms with van der Waals surface area (Å²) in [6.45, 7) is 1.73. The summed E-state index contributed by atoms with van der Waals surface area (Å²) in [5.74, 6) is -0.0622. The van der Waals surface area contributed by atoms with Gasteiger partial charge in [0.1, 0.15) is 0 Å². The van der Waals surface area contributed by atoms with Crippen molar-refractivity contribution in [2.24, 2.45) is 12.8 Å². The van der Waals surface area contributed by atoms with Gasteiger partial charge in [-0.15, -0.1) is 0 Å². The molecule has 2 aromatic heterocycles.